The van der Waals surface area contributed by atoms with Crippen LogP contribution in [0, 0.1) is 12.7 Å². The van der Waals surface area contributed by atoms with Crippen LogP contribution in [-0.4, -0.2) is 23.1 Å². The summed E-state index contributed by atoms with van der Waals surface area (Å²) >= 11 is 0. The van der Waals surface area contributed by atoms with Crippen molar-refractivity contribution in [2.24, 2.45) is 0 Å². The molecule has 0 unspecified atom stereocenters. The van der Waals surface area contributed by atoms with Crippen LogP contribution < -0.4 is 5.32 Å². The molecule has 0 aliphatic rings. The van der Waals surface area contributed by atoms with Crippen molar-refractivity contribution in [2.75, 3.05) is 5.32 Å². The predicted molar refractivity (Wildman–Crippen MR) is 82.8 cm³/mol. The Bertz CT molecular complexity index is 728. The second kappa shape index (κ2) is 6.91. The van der Waals surface area contributed by atoms with Crippen molar-refractivity contribution in [2.45, 2.75) is 20.0 Å². The molecule has 120 valence electrons. The van der Waals surface area contributed by atoms with Crippen LogP contribution in [0.5, 0.6) is 5.75 Å². The number of aromatic hydroxyl groups is 1. The largest absolute Gasteiger partial charge is 0.507 e. The molecule has 23 heavy (non-hydrogen) atoms. The van der Waals surface area contributed by atoms with E-state index < -0.39 is 23.8 Å². The molecule has 0 radical (unpaired) electrons. The zero-order valence-electron chi connectivity index (χ0n) is 12.7. The first kappa shape index (κ1) is 16.5. The van der Waals surface area contributed by atoms with Crippen molar-refractivity contribution >= 4 is 17.6 Å². The number of carbonyl (C=O) groups excluding carboxylic acids is 2. The van der Waals surface area contributed by atoms with Gasteiger partial charge in [0, 0.05) is 5.69 Å². The molecule has 0 aliphatic heterocycles. The minimum atomic E-state index is -1.08. The molecule has 0 aliphatic carbocycles. The van der Waals surface area contributed by atoms with Gasteiger partial charge < -0.3 is 15.2 Å². The predicted octanol–water partition coefficient (Wildman–Crippen LogP) is 3.02. The monoisotopic (exact) mass is 317 g/mol. The molecule has 1 atom stereocenters. The van der Waals surface area contributed by atoms with Gasteiger partial charge in [0.1, 0.15) is 17.1 Å². The average Bonchev–Trinajstić information content (AvgIpc) is 2.51. The summed E-state index contributed by atoms with van der Waals surface area (Å²) in [6.45, 7) is 3.17. The first-order valence-corrected chi connectivity index (χ1v) is 6.94. The van der Waals surface area contributed by atoms with Crippen molar-refractivity contribution in [1.82, 2.24) is 0 Å². The van der Waals surface area contributed by atoms with Crippen molar-refractivity contribution < 1.29 is 23.8 Å². The van der Waals surface area contributed by atoms with E-state index in [-0.39, 0.29) is 11.3 Å². The molecule has 2 aromatic carbocycles. The summed E-state index contributed by atoms with van der Waals surface area (Å²) in [4.78, 5) is 24.0. The number of hydrogen-bond donors (Lipinski definition) is 2. The summed E-state index contributed by atoms with van der Waals surface area (Å²) in [5.74, 6) is -1.99. The number of phenolic OH excluding ortho intramolecular Hbond substituents is 1. The summed E-state index contributed by atoms with van der Waals surface area (Å²) in [5, 5.41) is 12.2. The van der Waals surface area contributed by atoms with Gasteiger partial charge in [-0.3, -0.25) is 4.79 Å². The second-order valence-corrected chi connectivity index (χ2v) is 5.06. The Balaban J connectivity index is 2.01. The fourth-order valence-electron chi connectivity index (χ4n) is 1.87. The van der Waals surface area contributed by atoms with E-state index in [9.17, 15) is 19.1 Å². The van der Waals surface area contributed by atoms with Crippen LogP contribution in [0.15, 0.2) is 42.5 Å². The van der Waals surface area contributed by atoms with Gasteiger partial charge in [0.2, 0.25) is 0 Å². The van der Waals surface area contributed by atoms with Crippen LogP contribution >= 0.6 is 0 Å². The third kappa shape index (κ3) is 4.29. The van der Waals surface area contributed by atoms with E-state index in [2.05, 4.69) is 5.32 Å². The van der Waals surface area contributed by atoms with Crippen LogP contribution in [0.2, 0.25) is 0 Å². The fourth-order valence-corrected chi connectivity index (χ4v) is 1.87. The number of hydrogen-bond acceptors (Lipinski definition) is 4. The van der Waals surface area contributed by atoms with E-state index in [0.29, 0.717) is 5.69 Å². The summed E-state index contributed by atoms with van der Waals surface area (Å²) in [6, 6.07) is 9.71. The number of amides is 1. The van der Waals surface area contributed by atoms with Gasteiger partial charge in [-0.2, -0.15) is 0 Å². The zero-order valence-corrected chi connectivity index (χ0v) is 12.7. The first-order valence-electron chi connectivity index (χ1n) is 6.94. The average molecular weight is 317 g/mol. The zero-order chi connectivity index (χ0) is 17.0. The molecule has 0 spiro atoms. The second-order valence-electron chi connectivity index (χ2n) is 5.06. The van der Waals surface area contributed by atoms with Crippen molar-refractivity contribution in [3.05, 3.63) is 59.4 Å². The Kier molecular flexibility index (Phi) is 4.95. The molecule has 5 nitrogen and oxygen atoms in total. The molecular weight excluding hydrogens is 301 g/mol. The van der Waals surface area contributed by atoms with Crippen molar-refractivity contribution in [3.63, 3.8) is 0 Å². The van der Waals surface area contributed by atoms with E-state index in [1.807, 2.05) is 0 Å². The third-order valence-corrected chi connectivity index (χ3v) is 3.14. The number of nitrogens with one attached hydrogen (secondary N) is 1. The molecule has 2 aromatic rings. The smallest absolute Gasteiger partial charge is 0.342 e. The fraction of sp³-hybridized carbons (Fsp3) is 0.176. The van der Waals surface area contributed by atoms with E-state index in [4.69, 9.17) is 4.74 Å². The minimum absolute atomic E-state index is 0.00793. The molecule has 2 rings (SSSR count). The van der Waals surface area contributed by atoms with Gasteiger partial charge in [-0.25, -0.2) is 9.18 Å². The Morgan fingerprint density at radius 3 is 2.48 bits per heavy atom. The molecule has 0 aromatic heterocycles. The van der Waals surface area contributed by atoms with Crippen LogP contribution in [0.1, 0.15) is 22.8 Å². The number of benzene rings is 2. The number of anilines is 1. The highest BCUT2D eigenvalue weighted by Gasteiger charge is 2.21. The summed E-state index contributed by atoms with van der Waals surface area (Å²) in [5.41, 5.74) is 1.15. The van der Waals surface area contributed by atoms with Crippen LogP contribution in [0.3, 0.4) is 0 Å². The highest BCUT2D eigenvalue weighted by atomic mass is 19.1. The van der Waals surface area contributed by atoms with Crippen LogP contribution in [0.4, 0.5) is 10.1 Å². The van der Waals surface area contributed by atoms with Gasteiger partial charge in [-0.1, -0.05) is 11.6 Å². The number of carbonyl (C=O) groups is 2. The molecule has 6 heteroatoms. The molecule has 0 heterocycles. The van der Waals surface area contributed by atoms with E-state index in [1.165, 1.54) is 43.3 Å². The quantitative estimate of drug-likeness (QED) is 0.850. The number of aryl methyl sites for hydroxylation is 1. The normalized spacial score (nSPS) is 11.6. The highest BCUT2D eigenvalue weighted by Crippen LogP contribution is 2.20. The molecule has 0 saturated heterocycles. The van der Waals surface area contributed by atoms with Gasteiger partial charge in [0.05, 0.1) is 0 Å². The highest BCUT2D eigenvalue weighted by molar-refractivity contribution is 5.98. The Morgan fingerprint density at radius 1 is 1.17 bits per heavy atom. The summed E-state index contributed by atoms with van der Waals surface area (Å²) in [7, 11) is 0. The number of phenols is 1. The lowest BCUT2D eigenvalue weighted by Gasteiger charge is -2.14. The minimum Gasteiger partial charge on any atom is -0.507 e. The molecular formula is C17H16FNO4. The number of halogens is 1. The topological polar surface area (TPSA) is 75.6 Å². The van der Waals surface area contributed by atoms with Gasteiger partial charge in [0.15, 0.2) is 6.10 Å². The Labute approximate surface area is 132 Å². The molecule has 2 N–H and O–H groups in total. The van der Waals surface area contributed by atoms with E-state index >= 15 is 0 Å². The van der Waals surface area contributed by atoms with Crippen molar-refractivity contribution in [3.8, 4) is 5.75 Å². The van der Waals surface area contributed by atoms with Gasteiger partial charge >= 0.3 is 5.97 Å². The van der Waals surface area contributed by atoms with E-state index in [0.717, 1.165) is 5.56 Å². The molecule has 0 saturated carbocycles. The number of esters is 1. The third-order valence-electron chi connectivity index (χ3n) is 3.14. The molecule has 0 bridgehead atoms. The lowest BCUT2D eigenvalue weighted by atomic mass is 10.1. The summed E-state index contributed by atoms with van der Waals surface area (Å²) < 4.78 is 17.9. The molecule has 1 amide bonds. The molecule has 0 fully saturated rings. The van der Waals surface area contributed by atoms with Gasteiger partial charge in [-0.05, 0) is 50.2 Å². The number of ether oxygens (including phenoxy) is 1. The SMILES string of the molecule is Cc1ccc(O)c(C(=O)O[C@H](C)C(=O)Nc2ccc(F)cc2)c1. The maximum atomic E-state index is 12.8. The Morgan fingerprint density at radius 2 is 1.83 bits per heavy atom. The standard InChI is InChI=1S/C17H16FNO4/c1-10-3-8-15(20)14(9-10)17(22)23-11(2)16(21)19-13-6-4-12(18)5-7-13/h3-9,11,20H,1-2H3,(H,19,21)/t11-/m1/s1. The lowest BCUT2D eigenvalue weighted by molar-refractivity contribution is -0.123. The summed E-state index contributed by atoms with van der Waals surface area (Å²) in [6.07, 6.45) is -1.08. The van der Waals surface area contributed by atoms with Gasteiger partial charge in [0.25, 0.3) is 5.91 Å². The van der Waals surface area contributed by atoms with Crippen molar-refractivity contribution in [1.29, 1.82) is 0 Å². The van der Waals surface area contributed by atoms with Crippen LogP contribution in [-0.2, 0) is 9.53 Å². The number of rotatable bonds is 4. The van der Waals surface area contributed by atoms with E-state index in [1.54, 1.807) is 13.0 Å². The van der Waals surface area contributed by atoms with Crippen LogP contribution in [0.25, 0.3) is 0 Å². The maximum Gasteiger partial charge on any atom is 0.342 e. The van der Waals surface area contributed by atoms with Gasteiger partial charge in [-0.15, -0.1) is 0 Å². The Hall–Kier alpha value is -2.89. The maximum absolute atomic E-state index is 12.8. The first-order chi connectivity index (χ1) is 10.9. The lowest BCUT2D eigenvalue weighted by Crippen LogP contribution is -2.30.